The van der Waals surface area contributed by atoms with Gasteiger partial charge in [-0.25, -0.2) is 0 Å². The quantitative estimate of drug-likeness (QED) is 0.286. The minimum atomic E-state index is -1.02. The molecule has 1 saturated heterocycles. The van der Waals surface area contributed by atoms with Crippen molar-refractivity contribution in [3.63, 3.8) is 0 Å². The predicted molar refractivity (Wildman–Crippen MR) is 60.6 cm³/mol. The van der Waals surface area contributed by atoms with Gasteiger partial charge in [-0.2, -0.15) is 0 Å². The van der Waals surface area contributed by atoms with E-state index in [0.717, 1.165) is 0 Å². The molecule has 1 rings (SSSR count). The summed E-state index contributed by atoms with van der Waals surface area (Å²) in [4.78, 5) is 32.3. The topological polar surface area (TPSA) is 88.1 Å². The lowest BCUT2D eigenvalue weighted by molar-refractivity contribution is -0.161. The van der Waals surface area contributed by atoms with Crippen LogP contribution in [-0.4, -0.2) is 49.4 Å². The van der Waals surface area contributed by atoms with Crippen LogP contribution in [0.1, 0.15) is 13.8 Å². The maximum Gasteiger partial charge on any atom is 0.303 e. The highest BCUT2D eigenvalue weighted by molar-refractivity contribution is 5.67. The SMILES string of the molecule is C#C[C@H](OC(C)=O)C1OC[C@@H](OC(C)=O)[C@@H]1OC=O. The van der Waals surface area contributed by atoms with Crippen molar-refractivity contribution in [2.24, 2.45) is 0 Å². The number of carbonyl (C=O) groups is 3. The highest BCUT2D eigenvalue weighted by atomic mass is 16.6. The molecule has 0 aromatic carbocycles. The van der Waals surface area contributed by atoms with E-state index in [1.165, 1.54) is 13.8 Å². The molecule has 1 aliphatic heterocycles. The molecule has 1 unspecified atom stereocenters. The zero-order chi connectivity index (χ0) is 14.4. The van der Waals surface area contributed by atoms with Gasteiger partial charge >= 0.3 is 11.9 Å². The molecule has 0 radical (unpaired) electrons. The van der Waals surface area contributed by atoms with Crippen LogP contribution in [0, 0.1) is 12.3 Å². The molecular weight excluding hydrogens is 256 g/mol. The molecule has 7 heteroatoms. The minimum Gasteiger partial charge on any atom is -0.458 e. The Bertz CT molecular complexity index is 397. The fourth-order valence-electron chi connectivity index (χ4n) is 1.79. The first-order chi connectivity index (χ1) is 8.99. The Kier molecular flexibility index (Phi) is 5.33. The third-order valence-electron chi connectivity index (χ3n) is 2.43. The number of esters is 2. The molecule has 19 heavy (non-hydrogen) atoms. The maximum absolute atomic E-state index is 10.9. The molecule has 0 aromatic heterocycles. The number of rotatable bonds is 5. The molecule has 0 aromatic rings. The lowest BCUT2D eigenvalue weighted by atomic mass is 10.1. The normalized spacial score (nSPS) is 26.9. The van der Waals surface area contributed by atoms with Crippen LogP contribution in [-0.2, 0) is 33.3 Å². The fourth-order valence-corrected chi connectivity index (χ4v) is 1.79. The number of hydrogen-bond acceptors (Lipinski definition) is 7. The van der Waals surface area contributed by atoms with Crippen LogP contribution in [0.2, 0.25) is 0 Å². The van der Waals surface area contributed by atoms with Gasteiger partial charge in [0.25, 0.3) is 6.47 Å². The van der Waals surface area contributed by atoms with E-state index in [1.807, 2.05) is 0 Å². The van der Waals surface area contributed by atoms with Crippen molar-refractivity contribution < 1.29 is 33.3 Å². The second kappa shape index (κ2) is 6.75. The summed E-state index contributed by atoms with van der Waals surface area (Å²) in [5.74, 6) is 1.10. The third kappa shape index (κ3) is 3.96. The van der Waals surface area contributed by atoms with Crippen molar-refractivity contribution in [3.05, 3.63) is 0 Å². The maximum atomic E-state index is 10.9. The first-order valence-corrected chi connectivity index (χ1v) is 5.50. The molecule has 1 fully saturated rings. The largest absolute Gasteiger partial charge is 0.458 e. The zero-order valence-electron chi connectivity index (χ0n) is 10.5. The Morgan fingerprint density at radius 1 is 1.42 bits per heavy atom. The number of ether oxygens (including phenoxy) is 4. The van der Waals surface area contributed by atoms with Crippen LogP contribution in [0.15, 0.2) is 0 Å². The molecule has 0 spiro atoms. The molecule has 4 atom stereocenters. The second-order valence-corrected chi connectivity index (χ2v) is 3.84. The van der Waals surface area contributed by atoms with Crippen LogP contribution in [0.4, 0.5) is 0 Å². The van der Waals surface area contributed by atoms with E-state index in [-0.39, 0.29) is 13.1 Å². The van der Waals surface area contributed by atoms with Crippen molar-refractivity contribution in [2.45, 2.75) is 38.3 Å². The first kappa shape index (κ1) is 15.0. The Hall–Kier alpha value is -2.07. The Labute approximate surface area is 110 Å². The van der Waals surface area contributed by atoms with Gasteiger partial charge in [-0.15, -0.1) is 6.42 Å². The summed E-state index contributed by atoms with van der Waals surface area (Å²) >= 11 is 0. The Morgan fingerprint density at radius 3 is 2.58 bits per heavy atom. The highest BCUT2D eigenvalue weighted by Crippen LogP contribution is 2.24. The summed E-state index contributed by atoms with van der Waals surface area (Å²) in [6.45, 7) is 2.61. The molecule has 1 aliphatic rings. The molecule has 104 valence electrons. The minimum absolute atomic E-state index is 0.00218. The molecular formula is C12H14O7. The molecule has 0 bridgehead atoms. The van der Waals surface area contributed by atoms with E-state index in [9.17, 15) is 14.4 Å². The first-order valence-electron chi connectivity index (χ1n) is 5.50. The van der Waals surface area contributed by atoms with Crippen LogP contribution in [0.5, 0.6) is 0 Å². The van der Waals surface area contributed by atoms with E-state index >= 15 is 0 Å². The van der Waals surface area contributed by atoms with Crippen molar-refractivity contribution in [2.75, 3.05) is 6.61 Å². The highest BCUT2D eigenvalue weighted by Gasteiger charge is 2.46. The fraction of sp³-hybridized carbons (Fsp3) is 0.583. The summed E-state index contributed by atoms with van der Waals surface area (Å²) in [6, 6.07) is 0. The van der Waals surface area contributed by atoms with Gasteiger partial charge < -0.3 is 18.9 Å². The van der Waals surface area contributed by atoms with E-state index in [0.29, 0.717) is 0 Å². The molecule has 7 nitrogen and oxygen atoms in total. The molecule has 0 N–H and O–H groups in total. The van der Waals surface area contributed by atoms with Crippen LogP contribution >= 0.6 is 0 Å². The molecule has 0 aliphatic carbocycles. The van der Waals surface area contributed by atoms with E-state index in [2.05, 4.69) is 5.92 Å². The van der Waals surface area contributed by atoms with Crippen LogP contribution < -0.4 is 0 Å². The Balaban J connectivity index is 2.81. The number of carbonyl (C=O) groups excluding carboxylic acids is 3. The lowest BCUT2D eigenvalue weighted by Gasteiger charge is -2.24. The van der Waals surface area contributed by atoms with Gasteiger partial charge in [0.15, 0.2) is 18.3 Å². The summed E-state index contributed by atoms with van der Waals surface area (Å²) in [5.41, 5.74) is 0. The number of hydrogen-bond donors (Lipinski definition) is 0. The van der Waals surface area contributed by atoms with Gasteiger partial charge in [0, 0.05) is 13.8 Å². The van der Waals surface area contributed by atoms with E-state index in [4.69, 9.17) is 25.4 Å². The average Bonchev–Trinajstić information content (AvgIpc) is 2.69. The molecule has 1 heterocycles. The molecule has 0 amide bonds. The summed E-state index contributed by atoms with van der Waals surface area (Å²) in [5, 5.41) is 0. The standard InChI is InChI=1S/C12H14O7/c1-4-9(18-7(2)14)11-12(17-6-13)10(5-16-11)19-8(3)15/h1,6,9-12H,5H2,2-3H3/t9-,10+,11?,12-/m0/s1. The van der Waals surface area contributed by atoms with Gasteiger partial charge in [0.05, 0.1) is 6.61 Å². The third-order valence-corrected chi connectivity index (χ3v) is 2.43. The smallest absolute Gasteiger partial charge is 0.303 e. The van der Waals surface area contributed by atoms with Crippen LogP contribution in [0.25, 0.3) is 0 Å². The zero-order valence-corrected chi connectivity index (χ0v) is 10.5. The lowest BCUT2D eigenvalue weighted by Crippen LogP contribution is -2.43. The van der Waals surface area contributed by atoms with Gasteiger partial charge in [-0.05, 0) is 0 Å². The van der Waals surface area contributed by atoms with E-state index < -0.39 is 36.4 Å². The van der Waals surface area contributed by atoms with Gasteiger partial charge in [0.2, 0.25) is 0 Å². The molecule has 0 saturated carbocycles. The summed E-state index contributed by atoms with van der Waals surface area (Å²) in [7, 11) is 0. The van der Waals surface area contributed by atoms with Gasteiger partial charge in [0.1, 0.15) is 6.10 Å². The predicted octanol–water partition coefficient (Wildman–Crippen LogP) is -0.577. The second-order valence-electron chi connectivity index (χ2n) is 3.84. The Morgan fingerprint density at radius 2 is 2.11 bits per heavy atom. The van der Waals surface area contributed by atoms with E-state index in [1.54, 1.807) is 0 Å². The van der Waals surface area contributed by atoms with Gasteiger partial charge in [-0.3, -0.25) is 14.4 Å². The average molecular weight is 270 g/mol. The van der Waals surface area contributed by atoms with Crippen molar-refractivity contribution in [3.8, 4) is 12.3 Å². The summed E-state index contributed by atoms with van der Waals surface area (Å²) < 4.78 is 20.0. The van der Waals surface area contributed by atoms with Crippen molar-refractivity contribution in [1.82, 2.24) is 0 Å². The monoisotopic (exact) mass is 270 g/mol. The van der Waals surface area contributed by atoms with Crippen molar-refractivity contribution in [1.29, 1.82) is 0 Å². The van der Waals surface area contributed by atoms with Gasteiger partial charge in [-0.1, -0.05) is 5.92 Å². The number of terminal acetylenes is 1. The van der Waals surface area contributed by atoms with Crippen LogP contribution in [0.3, 0.4) is 0 Å². The van der Waals surface area contributed by atoms with Crippen molar-refractivity contribution >= 4 is 18.4 Å². The summed E-state index contributed by atoms with van der Waals surface area (Å²) in [6.07, 6.45) is 1.66.